The maximum atomic E-state index is 5.66. The molecule has 1 rings (SSSR count). The van der Waals surface area contributed by atoms with Gasteiger partial charge >= 0.3 is 18.2 Å². The molecule has 0 bridgehead atoms. The number of unbranched alkanes of at least 4 members (excludes halogenated alkanes) is 1. The lowest BCUT2D eigenvalue weighted by molar-refractivity contribution is 0.163. The van der Waals surface area contributed by atoms with E-state index in [-0.39, 0.29) is 0 Å². The van der Waals surface area contributed by atoms with Crippen molar-refractivity contribution in [2.45, 2.75) is 91.2 Å². The van der Waals surface area contributed by atoms with Crippen LogP contribution in [0.1, 0.15) is 26.2 Å². The van der Waals surface area contributed by atoms with E-state index in [1.807, 2.05) is 0 Å². The predicted molar refractivity (Wildman–Crippen MR) is 156 cm³/mol. The fourth-order valence-corrected chi connectivity index (χ4v) is 22.9. The Hall–Kier alpha value is 0.804. The van der Waals surface area contributed by atoms with Crippen LogP contribution in [0.3, 0.4) is 0 Å². The molecular formula is C21H58N2O5Si5. The van der Waals surface area contributed by atoms with Crippen LogP contribution in [0.25, 0.3) is 0 Å². The molecule has 0 aromatic heterocycles. The van der Waals surface area contributed by atoms with Crippen molar-refractivity contribution in [2.75, 3.05) is 48.6 Å². The lowest BCUT2D eigenvalue weighted by atomic mass is 10.3. The molecule has 0 radical (unpaired) electrons. The summed E-state index contributed by atoms with van der Waals surface area (Å²) in [5, 5.41) is 0. The Morgan fingerprint density at radius 2 is 1.21 bits per heavy atom. The lowest BCUT2D eigenvalue weighted by Crippen LogP contribution is -2.62. The van der Waals surface area contributed by atoms with Crippen LogP contribution in [0.2, 0.25) is 65.0 Å². The summed E-state index contributed by atoms with van der Waals surface area (Å²) in [6.45, 7) is 26.7. The molecule has 0 aromatic rings. The summed E-state index contributed by atoms with van der Waals surface area (Å²) >= 11 is 0. The summed E-state index contributed by atoms with van der Waals surface area (Å²) in [5.74, 6) is 0. The molecule has 0 spiro atoms. The van der Waals surface area contributed by atoms with E-state index in [1.54, 1.807) is 35.5 Å². The second-order valence-corrected chi connectivity index (χ2v) is 32.2. The standard InChI is InChI=1S/C10H27NSi2.C8H21NO2Si2.C3H10O3Si/c1-8-9-10-11(12(2,3)4)13(5,6)7;1-10-13(11-2)8-6-7-9(13)12(3,4)5;1-4-7(5-2)6-3/h8-10H2,1-7H3;6-8H2,1-5H3;7H,1-3H3. The molecule has 33 heavy (non-hydrogen) atoms. The van der Waals surface area contributed by atoms with Crippen LogP contribution in [-0.4, -0.2) is 100 Å². The third-order valence-corrected chi connectivity index (χ3v) is 22.7. The number of hydrogen-bond donors (Lipinski definition) is 0. The van der Waals surface area contributed by atoms with Gasteiger partial charge in [-0.3, -0.25) is 0 Å². The first-order chi connectivity index (χ1) is 15.0. The predicted octanol–water partition coefficient (Wildman–Crippen LogP) is 5.16. The minimum Gasteiger partial charge on any atom is -0.386 e. The molecule has 202 valence electrons. The Balaban J connectivity index is 0. The summed E-state index contributed by atoms with van der Waals surface area (Å²) in [7, 11) is 1.31. The molecule has 1 aliphatic rings. The van der Waals surface area contributed by atoms with Gasteiger partial charge in [0.25, 0.3) is 0 Å². The molecule has 0 amide bonds. The van der Waals surface area contributed by atoms with Crippen LogP contribution >= 0.6 is 0 Å². The van der Waals surface area contributed by atoms with Gasteiger partial charge in [0.05, 0.1) is 0 Å². The topological polar surface area (TPSA) is 52.6 Å². The monoisotopic (exact) mass is 558 g/mol. The fourth-order valence-electron chi connectivity index (χ4n) is 4.40. The van der Waals surface area contributed by atoms with Crippen molar-refractivity contribution in [3.63, 3.8) is 0 Å². The van der Waals surface area contributed by atoms with E-state index >= 15 is 0 Å². The van der Waals surface area contributed by atoms with Crippen LogP contribution in [0, 0.1) is 0 Å². The van der Waals surface area contributed by atoms with Crippen LogP contribution in [0.15, 0.2) is 0 Å². The third kappa shape index (κ3) is 13.6. The maximum absolute atomic E-state index is 5.66. The highest BCUT2D eigenvalue weighted by molar-refractivity contribution is 6.89. The second-order valence-electron chi connectivity index (χ2n) is 11.4. The van der Waals surface area contributed by atoms with E-state index < -0.39 is 43.0 Å². The first-order valence-electron chi connectivity index (χ1n) is 12.2. The minimum absolute atomic E-state index is 1.06. The zero-order valence-corrected chi connectivity index (χ0v) is 29.9. The molecule has 0 atom stereocenters. The smallest absolute Gasteiger partial charge is 0.386 e. The summed E-state index contributed by atoms with van der Waals surface area (Å²) in [5.41, 5.74) is 0. The quantitative estimate of drug-likeness (QED) is 0.325. The molecule has 1 saturated heterocycles. The molecule has 0 unspecified atom stereocenters. The Morgan fingerprint density at radius 3 is 1.42 bits per heavy atom. The zero-order chi connectivity index (χ0) is 26.5. The maximum Gasteiger partial charge on any atom is 0.483 e. The molecule has 0 aliphatic carbocycles. The summed E-state index contributed by atoms with van der Waals surface area (Å²) in [6.07, 6.45) is 3.93. The van der Waals surface area contributed by atoms with Gasteiger partial charge in [0, 0.05) is 41.6 Å². The number of nitrogens with zero attached hydrogens (tertiary/aromatic N) is 2. The molecule has 12 heteroatoms. The van der Waals surface area contributed by atoms with Gasteiger partial charge < -0.3 is 30.6 Å². The molecule has 7 nitrogen and oxygen atoms in total. The van der Waals surface area contributed by atoms with Crippen molar-refractivity contribution < 1.29 is 22.1 Å². The minimum atomic E-state index is -1.95. The molecule has 1 aliphatic heterocycles. The van der Waals surface area contributed by atoms with Crippen LogP contribution in [0.4, 0.5) is 0 Å². The highest BCUT2D eigenvalue weighted by Gasteiger charge is 2.51. The average Bonchev–Trinajstić information content (AvgIpc) is 3.14. The lowest BCUT2D eigenvalue weighted by Gasteiger charge is -2.43. The van der Waals surface area contributed by atoms with E-state index in [1.165, 1.54) is 32.4 Å². The van der Waals surface area contributed by atoms with Crippen molar-refractivity contribution in [3.8, 4) is 0 Å². The summed E-state index contributed by atoms with van der Waals surface area (Å²) < 4.78 is 31.0. The van der Waals surface area contributed by atoms with Gasteiger partial charge in [-0.1, -0.05) is 72.3 Å². The van der Waals surface area contributed by atoms with Crippen molar-refractivity contribution in [1.82, 2.24) is 8.46 Å². The summed E-state index contributed by atoms with van der Waals surface area (Å²) in [4.78, 5) is 0. The van der Waals surface area contributed by atoms with Crippen LogP contribution < -0.4 is 0 Å². The van der Waals surface area contributed by atoms with E-state index in [0.717, 1.165) is 6.04 Å². The molecule has 1 heterocycles. The van der Waals surface area contributed by atoms with Gasteiger partial charge in [-0.15, -0.1) is 0 Å². The molecule has 0 N–H and O–H groups in total. The third-order valence-electron chi connectivity index (χ3n) is 5.67. The highest BCUT2D eigenvalue weighted by Crippen LogP contribution is 2.31. The van der Waals surface area contributed by atoms with E-state index in [0.29, 0.717) is 0 Å². The van der Waals surface area contributed by atoms with Crippen molar-refractivity contribution in [1.29, 1.82) is 0 Å². The van der Waals surface area contributed by atoms with Crippen molar-refractivity contribution in [3.05, 3.63) is 0 Å². The average molecular weight is 559 g/mol. The molecule has 0 saturated carbocycles. The number of rotatable bonds is 11. The number of hydrogen-bond acceptors (Lipinski definition) is 7. The van der Waals surface area contributed by atoms with Gasteiger partial charge in [-0.2, -0.15) is 0 Å². The molecule has 1 fully saturated rings. The Labute approximate surface area is 213 Å². The highest BCUT2D eigenvalue weighted by atomic mass is 28.4. The van der Waals surface area contributed by atoms with E-state index in [2.05, 4.69) is 74.3 Å². The van der Waals surface area contributed by atoms with Crippen LogP contribution in [-0.2, 0) is 22.1 Å². The normalized spacial score (nSPS) is 17.0. The second kappa shape index (κ2) is 16.5. The molecular weight excluding hydrogens is 501 g/mol. The largest absolute Gasteiger partial charge is 0.483 e. The first kappa shape index (κ1) is 36.0. The van der Waals surface area contributed by atoms with Crippen molar-refractivity contribution >= 4 is 43.0 Å². The van der Waals surface area contributed by atoms with Crippen molar-refractivity contribution in [2.24, 2.45) is 0 Å². The first-order valence-corrected chi connectivity index (χ1v) is 26.0. The SMILES string of the molecule is CCCCN([Si](C)(C)C)[Si](C)(C)C.CO[SiH](OC)OC.CO[Si]1(OC)CCCN1[Si](C)(C)C. The fraction of sp³-hybridized carbons (Fsp3) is 1.00. The summed E-state index contributed by atoms with van der Waals surface area (Å²) in [6, 6.07) is 1.13. The Morgan fingerprint density at radius 1 is 0.788 bits per heavy atom. The van der Waals surface area contributed by atoms with Gasteiger partial charge in [0.1, 0.15) is 24.7 Å². The Kier molecular flexibility index (Phi) is 18.0. The van der Waals surface area contributed by atoms with Crippen LogP contribution in [0.5, 0.6) is 0 Å². The van der Waals surface area contributed by atoms with E-state index in [4.69, 9.17) is 22.1 Å². The van der Waals surface area contributed by atoms with Gasteiger partial charge in [-0.25, -0.2) is 0 Å². The Bertz CT molecular complexity index is 471. The van der Waals surface area contributed by atoms with Gasteiger partial charge in [0.2, 0.25) is 0 Å². The van der Waals surface area contributed by atoms with Gasteiger partial charge in [0.15, 0.2) is 0 Å². The zero-order valence-electron chi connectivity index (χ0n) is 24.8. The van der Waals surface area contributed by atoms with Gasteiger partial charge in [-0.05, 0) is 25.9 Å². The molecule has 0 aromatic carbocycles. The van der Waals surface area contributed by atoms with E-state index in [9.17, 15) is 0 Å².